The molecule has 3 aliphatic rings. The van der Waals surface area contributed by atoms with Gasteiger partial charge in [0.15, 0.2) is 0 Å². The molecule has 0 radical (unpaired) electrons. The molecule has 0 bridgehead atoms. The van der Waals surface area contributed by atoms with E-state index in [1.54, 1.807) is 22.9 Å². The number of amides is 1. The summed E-state index contributed by atoms with van der Waals surface area (Å²) < 4.78 is 30.0. The number of fused-ring (bicyclic) bond motifs is 3. The van der Waals surface area contributed by atoms with Crippen molar-refractivity contribution in [3.8, 4) is 0 Å². The Hall–Kier alpha value is -2.80. The third-order valence-corrected chi connectivity index (χ3v) is 5.48. The molecule has 0 spiro atoms. The SMILES string of the molecule is [2H]c1cc(F)c(C2CC2)c2c1C1=CC(n3cnc(COC)c3)=NCC(=O)N1CC2. The first-order chi connectivity index (χ1) is 14.1. The number of rotatable bonds is 3. The van der Waals surface area contributed by atoms with Crippen LogP contribution in [0.2, 0.25) is 0 Å². The smallest absolute Gasteiger partial charge is 0.248 e. The van der Waals surface area contributed by atoms with Gasteiger partial charge in [0.2, 0.25) is 5.91 Å². The van der Waals surface area contributed by atoms with E-state index in [4.69, 9.17) is 6.11 Å². The van der Waals surface area contributed by atoms with Crippen LogP contribution in [-0.2, 0) is 22.6 Å². The van der Waals surface area contributed by atoms with E-state index < -0.39 is 0 Å². The molecule has 5 rings (SSSR count). The van der Waals surface area contributed by atoms with Gasteiger partial charge in [0.05, 0.1) is 19.4 Å². The van der Waals surface area contributed by atoms with Crippen LogP contribution >= 0.6 is 0 Å². The van der Waals surface area contributed by atoms with Crippen molar-refractivity contribution in [1.82, 2.24) is 14.5 Å². The summed E-state index contributed by atoms with van der Waals surface area (Å²) in [5.41, 5.74) is 3.64. The number of halogens is 1. The summed E-state index contributed by atoms with van der Waals surface area (Å²) in [5.74, 6) is 0.385. The molecule has 0 saturated heterocycles. The van der Waals surface area contributed by atoms with E-state index in [2.05, 4.69) is 9.98 Å². The molecule has 28 heavy (non-hydrogen) atoms. The van der Waals surface area contributed by atoms with Gasteiger partial charge < -0.3 is 9.64 Å². The minimum Gasteiger partial charge on any atom is -0.378 e. The molecule has 2 aromatic rings. The second-order valence-electron chi connectivity index (χ2n) is 7.38. The van der Waals surface area contributed by atoms with Crippen LogP contribution in [0.15, 0.2) is 35.7 Å². The molecule has 1 aromatic heterocycles. The molecular formula is C21H21FN4O2. The van der Waals surface area contributed by atoms with Gasteiger partial charge in [-0.1, -0.05) is 0 Å². The van der Waals surface area contributed by atoms with Gasteiger partial charge in [0, 0.05) is 31.5 Å². The molecule has 0 atom stereocenters. The number of imidazole rings is 1. The molecule has 6 nitrogen and oxygen atoms in total. The van der Waals surface area contributed by atoms with E-state index in [1.165, 1.54) is 6.07 Å². The highest BCUT2D eigenvalue weighted by molar-refractivity contribution is 6.06. The standard InChI is InChI=1S/C21H21FN4O2/c1-28-11-14-10-25(12-24-14)19-8-18-15-4-5-17(22)21(13-2-3-13)16(15)6-7-26(18)20(27)9-23-19/h4-5,8,10,12-13H,2-3,6-7,9,11H2,1H3/i4D. The van der Waals surface area contributed by atoms with Crippen LogP contribution in [0.3, 0.4) is 0 Å². The average molecular weight is 381 g/mol. The summed E-state index contributed by atoms with van der Waals surface area (Å²) in [5, 5.41) is 0. The molecular weight excluding hydrogens is 359 g/mol. The van der Waals surface area contributed by atoms with Crippen molar-refractivity contribution in [3.05, 3.63) is 58.9 Å². The first kappa shape index (κ1) is 16.2. The fraction of sp³-hybridized carbons (Fsp3) is 0.381. The van der Waals surface area contributed by atoms with E-state index in [9.17, 15) is 9.18 Å². The minimum atomic E-state index is -0.294. The maximum absolute atomic E-state index is 14.7. The summed E-state index contributed by atoms with van der Waals surface area (Å²) >= 11 is 0. The van der Waals surface area contributed by atoms with Gasteiger partial charge >= 0.3 is 0 Å². The fourth-order valence-electron chi connectivity index (χ4n) is 4.04. The minimum absolute atomic E-state index is 0.0203. The zero-order valence-corrected chi connectivity index (χ0v) is 15.6. The molecule has 0 unspecified atom stereocenters. The quantitative estimate of drug-likeness (QED) is 0.821. The Morgan fingerprint density at radius 2 is 2.29 bits per heavy atom. The van der Waals surface area contributed by atoms with E-state index in [0.717, 1.165) is 29.7 Å². The van der Waals surface area contributed by atoms with Crippen molar-refractivity contribution in [1.29, 1.82) is 0 Å². The fourth-order valence-corrected chi connectivity index (χ4v) is 4.04. The Balaban J connectivity index is 1.65. The van der Waals surface area contributed by atoms with Crippen LogP contribution in [0.4, 0.5) is 4.39 Å². The van der Waals surface area contributed by atoms with E-state index in [1.807, 2.05) is 12.3 Å². The van der Waals surface area contributed by atoms with Gasteiger partial charge in [-0.05, 0) is 48.4 Å². The van der Waals surface area contributed by atoms with Crippen molar-refractivity contribution in [2.45, 2.75) is 31.8 Å². The lowest BCUT2D eigenvalue weighted by atomic mass is 9.89. The van der Waals surface area contributed by atoms with Crippen LogP contribution in [0, 0.1) is 5.82 Å². The van der Waals surface area contributed by atoms with Crippen molar-refractivity contribution < 1.29 is 15.3 Å². The topological polar surface area (TPSA) is 59.7 Å². The van der Waals surface area contributed by atoms with Crippen LogP contribution in [0.5, 0.6) is 0 Å². The second-order valence-corrected chi connectivity index (χ2v) is 7.38. The molecule has 1 aliphatic carbocycles. The van der Waals surface area contributed by atoms with Gasteiger partial charge in [0.1, 0.15) is 24.5 Å². The number of carbonyl (C=O) groups excluding carboxylic acids is 1. The normalized spacial score (nSPS) is 19.4. The van der Waals surface area contributed by atoms with Crippen molar-refractivity contribution in [2.24, 2.45) is 4.99 Å². The monoisotopic (exact) mass is 381 g/mol. The molecule has 2 aliphatic heterocycles. The molecule has 1 amide bonds. The molecule has 0 N–H and O–H groups in total. The zero-order valence-electron chi connectivity index (χ0n) is 16.6. The molecule has 144 valence electrons. The highest BCUT2D eigenvalue weighted by Crippen LogP contribution is 2.46. The van der Waals surface area contributed by atoms with Crippen LogP contribution < -0.4 is 0 Å². The first-order valence-corrected chi connectivity index (χ1v) is 9.47. The Kier molecular flexibility index (Phi) is 3.85. The largest absolute Gasteiger partial charge is 0.378 e. The predicted octanol–water partition coefficient (Wildman–Crippen LogP) is 2.73. The number of nitrogens with zero attached hydrogens (tertiary/aromatic N) is 4. The maximum atomic E-state index is 14.7. The van der Waals surface area contributed by atoms with E-state index in [-0.39, 0.29) is 30.2 Å². The number of hydrogen-bond donors (Lipinski definition) is 0. The number of aliphatic imine (C=N–C) groups is 1. The van der Waals surface area contributed by atoms with Gasteiger partial charge in [-0.15, -0.1) is 0 Å². The van der Waals surface area contributed by atoms with Gasteiger partial charge in [-0.25, -0.2) is 9.37 Å². The third-order valence-electron chi connectivity index (χ3n) is 5.48. The van der Waals surface area contributed by atoms with Crippen LogP contribution in [0.1, 0.15) is 42.5 Å². The lowest BCUT2D eigenvalue weighted by molar-refractivity contribution is -0.126. The lowest BCUT2D eigenvalue weighted by Gasteiger charge is -2.32. The molecule has 3 heterocycles. The van der Waals surface area contributed by atoms with Crippen LogP contribution in [-0.4, -0.2) is 46.4 Å². The zero-order chi connectivity index (χ0) is 20.1. The second kappa shape index (κ2) is 6.67. The summed E-state index contributed by atoms with van der Waals surface area (Å²) in [6.07, 6.45) is 7.78. The molecule has 7 heteroatoms. The summed E-state index contributed by atoms with van der Waals surface area (Å²) in [4.78, 5) is 23.2. The number of benzene rings is 1. The third kappa shape index (κ3) is 2.86. The number of hydrogen-bond acceptors (Lipinski definition) is 4. The number of ether oxygens (including phenoxy) is 1. The van der Waals surface area contributed by atoms with Crippen molar-refractivity contribution in [3.63, 3.8) is 0 Å². The Morgan fingerprint density at radius 1 is 1.43 bits per heavy atom. The summed E-state index contributed by atoms with van der Waals surface area (Å²) in [7, 11) is 1.60. The lowest BCUT2D eigenvalue weighted by Crippen LogP contribution is -2.36. The molecule has 1 saturated carbocycles. The van der Waals surface area contributed by atoms with E-state index >= 15 is 0 Å². The number of carbonyl (C=O) groups is 1. The molecule has 1 aromatic carbocycles. The summed E-state index contributed by atoms with van der Waals surface area (Å²) in [6.45, 7) is 0.875. The summed E-state index contributed by atoms with van der Waals surface area (Å²) in [6, 6.07) is 1.40. The Morgan fingerprint density at radius 3 is 3.07 bits per heavy atom. The van der Waals surface area contributed by atoms with Gasteiger partial charge in [-0.3, -0.25) is 14.4 Å². The predicted molar refractivity (Wildman–Crippen MR) is 102 cm³/mol. The molecule has 1 fully saturated rings. The maximum Gasteiger partial charge on any atom is 0.248 e. The van der Waals surface area contributed by atoms with Gasteiger partial charge in [-0.2, -0.15) is 0 Å². The van der Waals surface area contributed by atoms with Gasteiger partial charge in [0.25, 0.3) is 0 Å². The average Bonchev–Trinajstić information content (AvgIpc) is 3.44. The highest BCUT2D eigenvalue weighted by Gasteiger charge is 2.35. The van der Waals surface area contributed by atoms with Crippen molar-refractivity contribution in [2.75, 3.05) is 20.2 Å². The number of allylic oxidation sites excluding steroid dienone is 1. The van der Waals surface area contributed by atoms with E-state index in [0.29, 0.717) is 36.7 Å². The number of aromatic nitrogens is 2. The highest BCUT2D eigenvalue weighted by atomic mass is 19.1. The Labute approximate surface area is 163 Å². The Bertz CT molecular complexity index is 1070. The van der Waals surface area contributed by atoms with Crippen LogP contribution in [0.25, 0.3) is 5.70 Å². The number of methoxy groups -OCH3 is 1. The van der Waals surface area contributed by atoms with Crippen molar-refractivity contribution >= 4 is 17.4 Å². The first-order valence-electron chi connectivity index (χ1n) is 9.97.